The molecule has 156 valence electrons. The maximum absolute atomic E-state index is 12.9. The molecule has 30 heavy (non-hydrogen) atoms. The predicted octanol–water partition coefficient (Wildman–Crippen LogP) is 2.55. The van der Waals surface area contributed by atoms with E-state index in [0.717, 1.165) is 30.1 Å². The lowest BCUT2D eigenvalue weighted by Crippen LogP contribution is -2.50. The van der Waals surface area contributed by atoms with Crippen molar-refractivity contribution in [3.63, 3.8) is 0 Å². The largest absolute Gasteiger partial charge is 0.491 e. The van der Waals surface area contributed by atoms with Crippen LogP contribution in [0.5, 0.6) is 5.75 Å². The van der Waals surface area contributed by atoms with Crippen LogP contribution in [0.25, 0.3) is 0 Å². The first-order chi connectivity index (χ1) is 14.4. The van der Waals surface area contributed by atoms with Crippen molar-refractivity contribution in [1.29, 1.82) is 0 Å². The molecule has 2 aliphatic heterocycles. The normalized spacial score (nSPS) is 15.8. The van der Waals surface area contributed by atoms with Gasteiger partial charge < -0.3 is 20.3 Å². The number of ether oxygens (including phenoxy) is 1. The zero-order valence-corrected chi connectivity index (χ0v) is 17.3. The first-order valence-electron chi connectivity index (χ1n) is 10.2. The van der Waals surface area contributed by atoms with Crippen molar-refractivity contribution in [2.45, 2.75) is 26.4 Å². The minimum Gasteiger partial charge on any atom is -0.491 e. The summed E-state index contributed by atoms with van der Waals surface area (Å²) >= 11 is 0. The summed E-state index contributed by atoms with van der Waals surface area (Å²) in [6.45, 7) is 6.84. The molecule has 0 aliphatic carbocycles. The lowest BCUT2D eigenvalue weighted by molar-refractivity contribution is -0.124. The van der Waals surface area contributed by atoms with Crippen molar-refractivity contribution < 1.29 is 14.3 Å². The zero-order chi connectivity index (χ0) is 21.3. The molecule has 0 atom stereocenters. The molecule has 2 aromatic rings. The number of primary amides is 1. The second kappa shape index (κ2) is 8.18. The van der Waals surface area contributed by atoms with E-state index < -0.39 is 5.91 Å². The maximum atomic E-state index is 12.9. The van der Waals surface area contributed by atoms with Crippen LogP contribution >= 0.6 is 0 Å². The van der Waals surface area contributed by atoms with Gasteiger partial charge in [-0.2, -0.15) is 0 Å². The molecule has 7 heteroatoms. The summed E-state index contributed by atoms with van der Waals surface area (Å²) in [6.07, 6.45) is 0.641. The SMILES string of the molecule is CC(C)Oc1ccc(N2CCN(C(=O)C3=Nc4cc(C(N)=O)ccc4C3)CC2)cc1. The second-order valence-corrected chi connectivity index (χ2v) is 7.88. The lowest BCUT2D eigenvalue weighted by atomic mass is 10.1. The minimum atomic E-state index is -0.493. The second-order valence-electron chi connectivity index (χ2n) is 7.88. The van der Waals surface area contributed by atoms with Crippen molar-refractivity contribution >= 4 is 28.9 Å². The highest BCUT2D eigenvalue weighted by atomic mass is 16.5. The Bertz CT molecular complexity index is 990. The fourth-order valence-corrected chi connectivity index (χ4v) is 3.82. The van der Waals surface area contributed by atoms with E-state index in [2.05, 4.69) is 22.0 Å². The number of carbonyl (C=O) groups excluding carboxylic acids is 2. The summed E-state index contributed by atoms with van der Waals surface area (Å²) in [5.74, 6) is 0.334. The standard InChI is InChI=1S/C23H26N4O3/c1-15(2)30-19-7-5-18(6-8-19)26-9-11-27(12-10-26)23(29)21-13-16-3-4-17(22(24)28)14-20(16)25-21/h3-8,14-15H,9-13H2,1-2H3,(H2,24,28). The summed E-state index contributed by atoms with van der Waals surface area (Å²) in [5.41, 5.74) is 9.01. The van der Waals surface area contributed by atoms with Gasteiger partial charge in [0.15, 0.2) is 0 Å². The molecule has 0 bridgehead atoms. The van der Waals surface area contributed by atoms with Crippen LogP contribution in [0.3, 0.4) is 0 Å². The molecule has 0 aromatic heterocycles. The number of hydrogen-bond acceptors (Lipinski definition) is 5. The number of benzene rings is 2. The third-order valence-corrected chi connectivity index (χ3v) is 5.37. The van der Waals surface area contributed by atoms with Gasteiger partial charge in [-0.1, -0.05) is 6.07 Å². The smallest absolute Gasteiger partial charge is 0.268 e. The Kier molecular flexibility index (Phi) is 5.44. The van der Waals surface area contributed by atoms with Gasteiger partial charge in [0.05, 0.1) is 11.8 Å². The van der Waals surface area contributed by atoms with E-state index in [1.165, 1.54) is 0 Å². The van der Waals surface area contributed by atoms with Gasteiger partial charge in [-0.15, -0.1) is 0 Å². The van der Waals surface area contributed by atoms with Crippen LogP contribution in [0.2, 0.25) is 0 Å². The first kappa shape index (κ1) is 19.9. The van der Waals surface area contributed by atoms with Crippen molar-refractivity contribution in [3.05, 3.63) is 53.6 Å². The molecule has 2 aromatic carbocycles. The molecule has 0 radical (unpaired) electrons. The minimum absolute atomic E-state index is 0.0350. The lowest BCUT2D eigenvalue weighted by Gasteiger charge is -2.36. The van der Waals surface area contributed by atoms with Gasteiger partial charge in [0, 0.05) is 43.9 Å². The Hall–Kier alpha value is -3.35. The molecule has 0 spiro atoms. The Morgan fingerprint density at radius 2 is 1.73 bits per heavy atom. The molecule has 2 N–H and O–H groups in total. The van der Waals surface area contributed by atoms with Crippen LogP contribution in [0.1, 0.15) is 29.8 Å². The Labute approximate surface area is 176 Å². The summed E-state index contributed by atoms with van der Waals surface area (Å²) in [5, 5.41) is 0. The van der Waals surface area contributed by atoms with E-state index in [9.17, 15) is 9.59 Å². The highest BCUT2D eigenvalue weighted by molar-refractivity contribution is 6.40. The Morgan fingerprint density at radius 3 is 2.37 bits per heavy atom. The van der Waals surface area contributed by atoms with Gasteiger partial charge in [0.25, 0.3) is 5.91 Å². The Morgan fingerprint density at radius 1 is 1.03 bits per heavy atom. The molecule has 2 aliphatic rings. The molecule has 0 saturated carbocycles. The van der Waals surface area contributed by atoms with E-state index in [-0.39, 0.29) is 12.0 Å². The van der Waals surface area contributed by atoms with Crippen LogP contribution in [-0.2, 0) is 11.2 Å². The van der Waals surface area contributed by atoms with E-state index in [4.69, 9.17) is 10.5 Å². The van der Waals surface area contributed by atoms with E-state index >= 15 is 0 Å². The molecule has 1 saturated heterocycles. The number of nitrogens with zero attached hydrogens (tertiary/aromatic N) is 3. The molecule has 0 unspecified atom stereocenters. The van der Waals surface area contributed by atoms with Crippen LogP contribution in [0.15, 0.2) is 47.5 Å². The number of piperazine rings is 1. The third-order valence-electron chi connectivity index (χ3n) is 5.37. The predicted molar refractivity (Wildman–Crippen MR) is 117 cm³/mol. The summed E-state index contributed by atoms with van der Waals surface area (Å²) in [6, 6.07) is 13.2. The highest BCUT2D eigenvalue weighted by Crippen LogP contribution is 2.29. The molecule has 7 nitrogen and oxygen atoms in total. The van der Waals surface area contributed by atoms with E-state index in [1.807, 2.05) is 36.9 Å². The number of carbonyl (C=O) groups is 2. The third kappa shape index (κ3) is 4.15. The maximum Gasteiger partial charge on any atom is 0.268 e. The highest BCUT2D eigenvalue weighted by Gasteiger charge is 2.28. The van der Waals surface area contributed by atoms with Crippen molar-refractivity contribution in [2.24, 2.45) is 10.7 Å². The molecule has 4 rings (SSSR count). The van der Waals surface area contributed by atoms with Gasteiger partial charge in [0.1, 0.15) is 11.5 Å². The van der Waals surface area contributed by atoms with Gasteiger partial charge in [-0.3, -0.25) is 9.59 Å². The summed E-state index contributed by atoms with van der Waals surface area (Å²) in [4.78, 5) is 32.9. The zero-order valence-electron chi connectivity index (χ0n) is 17.3. The quantitative estimate of drug-likeness (QED) is 0.827. The van der Waals surface area contributed by atoms with Gasteiger partial charge in [-0.25, -0.2) is 4.99 Å². The molecule has 2 amide bonds. The fourth-order valence-electron chi connectivity index (χ4n) is 3.82. The van der Waals surface area contributed by atoms with E-state index in [0.29, 0.717) is 36.5 Å². The van der Waals surface area contributed by atoms with Gasteiger partial charge in [-0.05, 0) is 55.8 Å². The summed E-state index contributed by atoms with van der Waals surface area (Å²) in [7, 11) is 0. The fraction of sp³-hybridized carbons (Fsp3) is 0.348. The van der Waals surface area contributed by atoms with Crippen molar-refractivity contribution in [1.82, 2.24) is 4.90 Å². The number of aliphatic imine (C=N–C) groups is 1. The van der Waals surface area contributed by atoms with Crippen LogP contribution in [-0.4, -0.2) is 54.7 Å². The van der Waals surface area contributed by atoms with Gasteiger partial charge >= 0.3 is 0 Å². The first-order valence-corrected chi connectivity index (χ1v) is 10.2. The van der Waals surface area contributed by atoms with Crippen molar-refractivity contribution in [2.75, 3.05) is 31.1 Å². The number of nitrogens with two attached hydrogens (primary N) is 1. The van der Waals surface area contributed by atoms with Gasteiger partial charge in [0.2, 0.25) is 5.91 Å². The number of fused-ring (bicyclic) bond motifs is 1. The molecular weight excluding hydrogens is 380 g/mol. The topological polar surface area (TPSA) is 88.2 Å². The number of amides is 2. The number of rotatable bonds is 5. The van der Waals surface area contributed by atoms with E-state index in [1.54, 1.807) is 12.1 Å². The molecule has 2 heterocycles. The average Bonchev–Trinajstić information content (AvgIpc) is 3.17. The van der Waals surface area contributed by atoms with Crippen LogP contribution in [0.4, 0.5) is 11.4 Å². The molecular formula is C23H26N4O3. The van der Waals surface area contributed by atoms with Crippen LogP contribution in [0, 0.1) is 0 Å². The number of hydrogen-bond donors (Lipinski definition) is 1. The number of anilines is 1. The molecule has 1 fully saturated rings. The van der Waals surface area contributed by atoms with Crippen LogP contribution < -0.4 is 15.4 Å². The van der Waals surface area contributed by atoms with Crippen molar-refractivity contribution in [3.8, 4) is 5.75 Å². The Balaban J connectivity index is 1.36. The average molecular weight is 406 g/mol. The summed E-state index contributed by atoms with van der Waals surface area (Å²) < 4.78 is 5.70. The monoisotopic (exact) mass is 406 g/mol.